The number of aromatic nitrogens is 2. The molecule has 2 aromatic rings. The van der Waals surface area contributed by atoms with E-state index < -0.39 is 5.82 Å². The van der Waals surface area contributed by atoms with Crippen LogP contribution in [0.1, 0.15) is 45.0 Å². The van der Waals surface area contributed by atoms with Crippen LogP contribution >= 0.6 is 23.2 Å². The molecule has 0 amide bonds. The summed E-state index contributed by atoms with van der Waals surface area (Å²) in [5, 5.41) is 0.126. The first-order chi connectivity index (χ1) is 9.12. The van der Waals surface area contributed by atoms with Crippen molar-refractivity contribution >= 4 is 34.2 Å². The molecule has 1 unspecified atom stereocenters. The van der Waals surface area contributed by atoms with Gasteiger partial charge in [-0.1, -0.05) is 31.9 Å². The molecule has 2 nitrogen and oxygen atoms in total. The number of alkyl halides is 1. The second-order valence-electron chi connectivity index (χ2n) is 4.64. The lowest BCUT2D eigenvalue weighted by molar-refractivity contribution is 0.448. The normalized spacial score (nSPS) is 13.1. The number of hydrogen-bond acceptors (Lipinski definition) is 1. The summed E-state index contributed by atoms with van der Waals surface area (Å²) in [6.45, 7) is 4.28. The molecule has 0 radical (unpaired) electrons. The van der Waals surface area contributed by atoms with Crippen molar-refractivity contribution in [3.8, 4) is 0 Å². The Morgan fingerprint density at radius 3 is 2.68 bits per heavy atom. The highest BCUT2D eigenvalue weighted by molar-refractivity contribution is 6.31. The number of hydrogen-bond donors (Lipinski definition) is 0. The minimum atomic E-state index is -0.441. The molecule has 1 aromatic carbocycles. The van der Waals surface area contributed by atoms with Gasteiger partial charge < -0.3 is 4.57 Å². The van der Waals surface area contributed by atoms with E-state index in [0.717, 1.165) is 30.6 Å². The average Bonchev–Trinajstić information content (AvgIpc) is 2.74. The molecule has 1 atom stereocenters. The van der Waals surface area contributed by atoms with E-state index in [4.69, 9.17) is 23.2 Å². The molecule has 19 heavy (non-hydrogen) atoms. The quantitative estimate of drug-likeness (QED) is 0.684. The van der Waals surface area contributed by atoms with Gasteiger partial charge in [0, 0.05) is 12.1 Å². The zero-order valence-corrected chi connectivity index (χ0v) is 12.6. The zero-order chi connectivity index (χ0) is 14.0. The largest absolute Gasteiger partial charge is 0.324 e. The van der Waals surface area contributed by atoms with Gasteiger partial charge in [-0.25, -0.2) is 9.37 Å². The molecule has 0 saturated carbocycles. The molecule has 0 saturated heterocycles. The maximum atomic E-state index is 13.5. The van der Waals surface area contributed by atoms with E-state index in [-0.39, 0.29) is 5.02 Å². The Hall–Kier alpha value is -0.800. The second kappa shape index (κ2) is 6.10. The van der Waals surface area contributed by atoms with Crippen LogP contribution in [0.5, 0.6) is 0 Å². The van der Waals surface area contributed by atoms with Crippen molar-refractivity contribution in [1.82, 2.24) is 9.55 Å². The predicted octanol–water partition coefficient (Wildman–Crippen LogP) is 5.32. The summed E-state index contributed by atoms with van der Waals surface area (Å²) < 4.78 is 15.6. The average molecular weight is 303 g/mol. The van der Waals surface area contributed by atoms with Gasteiger partial charge in [-0.2, -0.15) is 0 Å². The van der Waals surface area contributed by atoms with Crippen molar-refractivity contribution in [2.45, 2.75) is 45.0 Å². The molecule has 5 heteroatoms. The van der Waals surface area contributed by atoms with E-state index in [9.17, 15) is 4.39 Å². The number of rotatable bonds is 5. The molecule has 0 fully saturated rings. The Morgan fingerprint density at radius 2 is 2.11 bits per heavy atom. The van der Waals surface area contributed by atoms with E-state index in [1.165, 1.54) is 6.07 Å². The number of halogens is 3. The monoisotopic (exact) mass is 302 g/mol. The van der Waals surface area contributed by atoms with Gasteiger partial charge in [0.25, 0.3) is 0 Å². The highest BCUT2D eigenvalue weighted by atomic mass is 35.5. The third-order valence-electron chi connectivity index (χ3n) is 3.38. The van der Waals surface area contributed by atoms with Gasteiger partial charge >= 0.3 is 0 Å². The third kappa shape index (κ3) is 2.72. The van der Waals surface area contributed by atoms with Crippen LogP contribution in [-0.4, -0.2) is 9.55 Å². The van der Waals surface area contributed by atoms with E-state index in [2.05, 4.69) is 23.4 Å². The molecular weight excluding hydrogens is 286 g/mol. The predicted molar refractivity (Wildman–Crippen MR) is 78.5 cm³/mol. The van der Waals surface area contributed by atoms with Crippen molar-refractivity contribution in [2.24, 2.45) is 0 Å². The van der Waals surface area contributed by atoms with Crippen molar-refractivity contribution in [1.29, 1.82) is 0 Å². The van der Waals surface area contributed by atoms with E-state index in [1.54, 1.807) is 6.07 Å². The highest BCUT2D eigenvalue weighted by Gasteiger charge is 2.18. The molecule has 0 aliphatic rings. The minimum Gasteiger partial charge on any atom is -0.324 e. The van der Waals surface area contributed by atoms with Gasteiger partial charge in [0.05, 0.1) is 21.9 Å². The lowest BCUT2D eigenvalue weighted by Gasteiger charge is -2.19. The Morgan fingerprint density at radius 1 is 1.37 bits per heavy atom. The van der Waals surface area contributed by atoms with E-state index in [1.807, 2.05) is 0 Å². The number of nitrogens with zero attached hydrogens (tertiary/aromatic N) is 2. The van der Waals surface area contributed by atoms with Gasteiger partial charge in [0.15, 0.2) is 0 Å². The smallest absolute Gasteiger partial charge is 0.144 e. The maximum Gasteiger partial charge on any atom is 0.144 e. The lowest BCUT2D eigenvalue weighted by Crippen LogP contribution is -2.10. The Labute approximate surface area is 122 Å². The molecule has 0 aliphatic heterocycles. The van der Waals surface area contributed by atoms with Gasteiger partial charge in [-0.15, -0.1) is 11.6 Å². The number of benzene rings is 1. The van der Waals surface area contributed by atoms with Crippen LogP contribution < -0.4 is 0 Å². The van der Waals surface area contributed by atoms with Gasteiger partial charge in [-0.05, 0) is 18.9 Å². The van der Waals surface area contributed by atoms with Crippen LogP contribution in [0.25, 0.3) is 11.0 Å². The van der Waals surface area contributed by atoms with Crippen LogP contribution in [0.4, 0.5) is 4.39 Å². The Balaban J connectivity index is 2.65. The minimum absolute atomic E-state index is 0.126. The first-order valence-corrected chi connectivity index (χ1v) is 7.45. The molecule has 0 aliphatic carbocycles. The number of imidazole rings is 1. The van der Waals surface area contributed by atoms with Crippen molar-refractivity contribution < 1.29 is 4.39 Å². The molecule has 104 valence electrons. The summed E-state index contributed by atoms with van der Waals surface area (Å²) in [6.07, 6.45) is 3.11. The summed E-state index contributed by atoms with van der Waals surface area (Å²) in [7, 11) is 0. The van der Waals surface area contributed by atoms with E-state index >= 15 is 0 Å². The second-order valence-corrected chi connectivity index (χ2v) is 5.31. The van der Waals surface area contributed by atoms with Crippen molar-refractivity contribution in [2.75, 3.05) is 0 Å². The fourth-order valence-corrected chi connectivity index (χ4v) is 2.84. The van der Waals surface area contributed by atoms with Gasteiger partial charge in [0.2, 0.25) is 0 Å². The van der Waals surface area contributed by atoms with Crippen molar-refractivity contribution in [3.05, 3.63) is 28.8 Å². The number of fused-ring (bicyclic) bond motifs is 1. The molecule has 0 N–H and O–H groups in total. The zero-order valence-electron chi connectivity index (χ0n) is 11.1. The first kappa shape index (κ1) is 14.6. The van der Waals surface area contributed by atoms with Crippen LogP contribution in [0.15, 0.2) is 12.1 Å². The standard InChI is InChI=1S/C14H17Cl2FN2/c1-3-5-9(4-2)19-13-6-10(16)11(17)7-12(13)18-14(19)8-15/h6-7,9H,3-5,8H2,1-2H3. The Bertz CT molecular complexity index is 580. The fourth-order valence-electron chi connectivity index (χ4n) is 2.49. The molecule has 0 bridgehead atoms. The summed E-state index contributed by atoms with van der Waals surface area (Å²) in [6, 6.07) is 3.35. The van der Waals surface area contributed by atoms with Gasteiger partial charge in [0.1, 0.15) is 11.6 Å². The van der Waals surface area contributed by atoms with Gasteiger partial charge in [-0.3, -0.25) is 0 Å². The lowest BCUT2D eigenvalue weighted by atomic mass is 10.1. The first-order valence-electron chi connectivity index (χ1n) is 6.54. The Kier molecular flexibility index (Phi) is 4.69. The topological polar surface area (TPSA) is 17.8 Å². The highest BCUT2D eigenvalue weighted by Crippen LogP contribution is 2.30. The van der Waals surface area contributed by atoms with Crippen LogP contribution in [0.2, 0.25) is 5.02 Å². The van der Waals surface area contributed by atoms with E-state index in [0.29, 0.717) is 17.4 Å². The SMILES string of the molecule is CCCC(CC)n1c(CCl)nc2cc(F)c(Cl)cc21. The third-order valence-corrected chi connectivity index (χ3v) is 3.91. The van der Waals surface area contributed by atoms with Crippen molar-refractivity contribution in [3.63, 3.8) is 0 Å². The van der Waals surface area contributed by atoms with Crippen LogP contribution in [0, 0.1) is 5.82 Å². The summed E-state index contributed by atoms with van der Waals surface area (Å²) in [5.41, 5.74) is 1.48. The molecular formula is C14H17Cl2FN2. The molecule has 2 rings (SSSR count). The van der Waals surface area contributed by atoms with Crippen LogP contribution in [-0.2, 0) is 5.88 Å². The maximum absolute atomic E-state index is 13.5. The summed E-state index contributed by atoms with van der Waals surface area (Å²) in [4.78, 5) is 4.42. The van der Waals surface area contributed by atoms with Crippen LogP contribution in [0.3, 0.4) is 0 Å². The summed E-state index contributed by atoms with van der Waals surface area (Å²) >= 11 is 11.9. The fraction of sp³-hybridized carbons (Fsp3) is 0.500. The molecule has 1 aromatic heterocycles. The molecule has 1 heterocycles. The summed E-state index contributed by atoms with van der Waals surface area (Å²) in [5.74, 6) is 0.649. The molecule has 0 spiro atoms.